The molecule has 1 aromatic carbocycles. The van der Waals surface area contributed by atoms with Gasteiger partial charge < -0.3 is 19.7 Å². The van der Waals surface area contributed by atoms with E-state index in [-0.39, 0.29) is 18.1 Å². The van der Waals surface area contributed by atoms with Crippen molar-refractivity contribution in [1.82, 2.24) is 4.90 Å². The van der Waals surface area contributed by atoms with Crippen LogP contribution in [0.5, 0.6) is 0 Å². The van der Waals surface area contributed by atoms with Crippen LogP contribution >= 0.6 is 0 Å². The quantitative estimate of drug-likeness (QED) is 0.889. The summed E-state index contributed by atoms with van der Waals surface area (Å²) in [5.41, 5.74) is 1.72. The van der Waals surface area contributed by atoms with Crippen molar-refractivity contribution in [3.05, 3.63) is 29.8 Å². The standard InChI is InChI=1S/C15H22N2O3/c1-4-16-12-7-5-11(6-8-12)15(18)17-9-13(19-2)14(10-17)20-3/h5-8,13-14,16H,4,9-10H2,1-3H3. The first-order valence-corrected chi connectivity index (χ1v) is 6.88. The van der Waals surface area contributed by atoms with Crippen molar-refractivity contribution in [3.63, 3.8) is 0 Å². The van der Waals surface area contributed by atoms with E-state index in [0.717, 1.165) is 12.2 Å². The number of likely N-dealkylation sites (tertiary alicyclic amines) is 1. The molecule has 5 heteroatoms. The van der Waals surface area contributed by atoms with E-state index in [9.17, 15) is 4.79 Å². The molecule has 5 nitrogen and oxygen atoms in total. The summed E-state index contributed by atoms with van der Waals surface area (Å²) in [6, 6.07) is 7.55. The lowest BCUT2D eigenvalue weighted by Gasteiger charge is -2.16. The molecule has 0 bridgehead atoms. The van der Waals surface area contributed by atoms with Gasteiger partial charge in [-0.3, -0.25) is 4.79 Å². The Bertz CT molecular complexity index is 435. The predicted molar refractivity (Wildman–Crippen MR) is 78.1 cm³/mol. The van der Waals surface area contributed by atoms with Crippen molar-refractivity contribution < 1.29 is 14.3 Å². The summed E-state index contributed by atoms with van der Waals surface area (Å²) in [6.45, 7) is 4.05. The van der Waals surface area contributed by atoms with Gasteiger partial charge in [-0.1, -0.05) is 0 Å². The average Bonchev–Trinajstić information content (AvgIpc) is 2.91. The van der Waals surface area contributed by atoms with Gasteiger partial charge in [-0.25, -0.2) is 0 Å². The molecule has 1 aromatic rings. The van der Waals surface area contributed by atoms with Crippen LogP contribution in [0.15, 0.2) is 24.3 Å². The fraction of sp³-hybridized carbons (Fsp3) is 0.533. The second-order valence-corrected chi connectivity index (χ2v) is 4.87. The second-order valence-electron chi connectivity index (χ2n) is 4.87. The number of amides is 1. The molecule has 2 rings (SSSR count). The maximum atomic E-state index is 12.4. The molecule has 0 saturated carbocycles. The maximum absolute atomic E-state index is 12.4. The molecule has 0 radical (unpaired) electrons. The summed E-state index contributed by atoms with van der Waals surface area (Å²) in [6.07, 6.45) is -0.102. The number of anilines is 1. The van der Waals surface area contributed by atoms with Crippen LogP contribution in [0.2, 0.25) is 0 Å². The highest BCUT2D eigenvalue weighted by atomic mass is 16.5. The van der Waals surface area contributed by atoms with Crippen LogP contribution < -0.4 is 5.32 Å². The van der Waals surface area contributed by atoms with E-state index in [4.69, 9.17) is 9.47 Å². The minimum atomic E-state index is -0.0509. The van der Waals surface area contributed by atoms with Gasteiger partial charge in [0.1, 0.15) is 12.2 Å². The SMILES string of the molecule is CCNc1ccc(C(=O)N2CC(OC)C(OC)C2)cc1. The zero-order chi connectivity index (χ0) is 14.5. The molecule has 1 heterocycles. The molecule has 0 spiro atoms. The maximum Gasteiger partial charge on any atom is 0.254 e. The lowest BCUT2D eigenvalue weighted by Crippen LogP contribution is -2.30. The summed E-state index contributed by atoms with van der Waals surface area (Å²) < 4.78 is 10.7. The van der Waals surface area contributed by atoms with E-state index in [0.29, 0.717) is 18.7 Å². The molecule has 1 N–H and O–H groups in total. The molecular weight excluding hydrogens is 256 g/mol. The van der Waals surface area contributed by atoms with Crippen molar-refractivity contribution in [2.75, 3.05) is 39.2 Å². The van der Waals surface area contributed by atoms with E-state index >= 15 is 0 Å². The molecule has 110 valence electrons. The number of ether oxygens (including phenoxy) is 2. The Hall–Kier alpha value is -1.59. The summed E-state index contributed by atoms with van der Waals surface area (Å²) in [7, 11) is 3.30. The Morgan fingerprint density at radius 2 is 1.75 bits per heavy atom. The normalized spacial score (nSPS) is 22.1. The van der Waals surface area contributed by atoms with Crippen molar-refractivity contribution in [2.24, 2.45) is 0 Å². The van der Waals surface area contributed by atoms with Gasteiger partial charge in [0, 0.05) is 45.1 Å². The number of rotatable bonds is 5. The van der Waals surface area contributed by atoms with Crippen LogP contribution in [0.1, 0.15) is 17.3 Å². The van der Waals surface area contributed by atoms with E-state index < -0.39 is 0 Å². The molecule has 20 heavy (non-hydrogen) atoms. The Morgan fingerprint density at radius 1 is 1.20 bits per heavy atom. The van der Waals surface area contributed by atoms with Crippen LogP contribution in [-0.4, -0.2) is 56.9 Å². The van der Waals surface area contributed by atoms with Crippen molar-refractivity contribution in [2.45, 2.75) is 19.1 Å². The van der Waals surface area contributed by atoms with Crippen LogP contribution in [-0.2, 0) is 9.47 Å². The monoisotopic (exact) mass is 278 g/mol. The molecule has 1 aliphatic heterocycles. The second kappa shape index (κ2) is 6.72. The molecule has 2 unspecified atom stereocenters. The van der Waals surface area contributed by atoms with E-state index in [2.05, 4.69) is 5.32 Å². The minimum absolute atomic E-state index is 0.0228. The lowest BCUT2D eigenvalue weighted by atomic mass is 10.2. The minimum Gasteiger partial charge on any atom is -0.385 e. The molecule has 0 aliphatic carbocycles. The predicted octanol–water partition coefficient (Wildman–Crippen LogP) is 1.60. The Morgan fingerprint density at radius 3 is 2.20 bits per heavy atom. The number of carbonyl (C=O) groups is 1. The van der Waals surface area contributed by atoms with Crippen LogP contribution in [0.3, 0.4) is 0 Å². The van der Waals surface area contributed by atoms with Gasteiger partial charge in [0.15, 0.2) is 0 Å². The molecule has 1 fully saturated rings. The zero-order valence-corrected chi connectivity index (χ0v) is 12.3. The topological polar surface area (TPSA) is 50.8 Å². The van der Waals surface area contributed by atoms with Gasteiger partial charge in [0.25, 0.3) is 5.91 Å². The molecule has 1 amide bonds. The van der Waals surface area contributed by atoms with Gasteiger partial charge in [0.2, 0.25) is 0 Å². The van der Waals surface area contributed by atoms with Gasteiger partial charge in [-0.05, 0) is 31.2 Å². The molecular formula is C15H22N2O3. The van der Waals surface area contributed by atoms with Crippen LogP contribution in [0, 0.1) is 0 Å². The number of nitrogens with one attached hydrogen (secondary N) is 1. The number of hydrogen-bond acceptors (Lipinski definition) is 4. The summed E-state index contributed by atoms with van der Waals surface area (Å²) in [5, 5.41) is 3.21. The lowest BCUT2D eigenvalue weighted by molar-refractivity contribution is -0.00461. The Balaban J connectivity index is 2.04. The van der Waals surface area contributed by atoms with Gasteiger partial charge in [-0.2, -0.15) is 0 Å². The van der Waals surface area contributed by atoms with E-state index in [1.54, 1.807) is 19.1 Å². The summed E-state index contributed by atoms with van der Waals surface area (Å²) >= 11 is 0. The van der Waals surface area contributed by atoms with Gasteiger partial charge >= 0.3 is 0 Å². The fourth-order valence-electron chi connectivity index (χ4n) is 2.48. The van der Waals surface area contributed by atoms with E-state index in [1.165, 1.54) is 0 Å². The van der Waals surface area contributed by atoms with Crippen molar-refractivity contribution in [1.29, 1.82) is 0 Å². The number of methoxy groups -OCH3 is 2. The highest BCUT2D eigenvalue weighted by Crippen LogP contribution is 2.19. The Labute approximate surface area is 119 Å². The van der Waals surface area contributed by atoms with E-state index in [1.807, 2.05) is 31.2 Å². The summed E-state index contributed by atoms with van der Waals surface area (Å²) in [5.74, 6) is 0.0228. The summed E-state index contributed by atoms with van der Waals surface area (Å²) in [4.78, 5) is 14.2. The molecule has 1 aliphatic rings. The highest BCUT2D eigenvalue weighted by molar-refractivity contribution is 5.94. The highest BCUT2D eigenvalue weighted by Gasteiger charge is 2.35. The van der Waals surface area contributed by atoms with Gasteiger partial charge in [-0.15, -0.1) is 0 Å². The molecule has 2 atom stereocenters. The average molecular weight is 278 g/mol. The van der Waals surface area contributed by atoms with Crippen LogP contribution in [0.25, 0.3) is 0 Å². The first-order chi connectivity index (χ1) is 9.69. The largest absolute Gasteiger partial charge is 0.385 e. The number of nitrogens with zero attached hydrogens (tertiary/aromatic N) is 1. The molecule has 1 saturated heterocycles. The third-order valence-electron chi connectivity index (χ3n) is 3.62. The van der Waals surface area contributed by atoms with Crippen molar-refractivity contribution in [3.8, 4) is 0 Å². The number of benzene rings is 1. The van der Waals surface area contributed by atoms with Crippen LogP contribution in [0.4, 0.5) is 5.69 Å². The first-order valence-electron chi connectivity index (χ1n) is 6.88. The third-order valence-corrected chi connectivity index (χ3v) is 3.62. The first kappa shape index (κ1) is 14.8. The third kappa shape index (κ3) is 3.11. The number of carbonyl (C=O) groups excluding carboxylic acids is 1. The zero-order valence-electron chi connectivity index (χ0n) is 12.3. The van der Waals surface area contributed by atoms with Crippen molar-refractivity contribution >= 4 is 11.6 Å². The molecule has 0 aromatic heterocycles. The van der Waals surface area contributed by atoms with Gasteiger partial charge in [0.05, 0.1) is 0 Å². The number of hydrogen-bond donors (Lipinski definition) is 1. The smallest absolute Gasteiger partial charge is 0.254 e. The Kier molecular flexibility index (Phi) is 4.98. The fourth-order valence-corrected chi connectivity index (χ4v) is 2.48.